The summed E-state index contributed by atoms with van der Waals surface area (Å²) in [7, 11) is -4.67. The maximum absolute atomic E-state index is 14.0. The van der Waals surface area contributed by atoms with Gasteiger partial charge in [0.15, 0.2) is 5.13 Å². The van der Waals surface area contributed by atoms with Crippen LogP contribution in [-0.4, -0.2) is 63.5 Å². The minimum atomic E-state index is -3.98. The third-order valence-corrected chi connectivity index (χ3v) is 10.3. The number of rotatable bonds is 6. The number of piperidine rings is 1. The highest BCUT2D eigenvalue weighted by molar-refractivity contribution is 7.89. The highest BCUT2D eigenvalue weighted by Gasteiger charge is 2.33. The first kappa shape index (κ1) is 24.7. The van der Waals surface area contributed by atoms with E-state index in [1.165, 1.54) is 48.7 Å². The van der Waals surface area contributed by atoms with Crippen LogP contribution in [0, 0.1) is 11.7 Å². The van der Waals surface area contributed by atoms with E-state index in [9.17, 15) is 26.0 Å². The lowest BCUT2D eigenvalue weighted by Crippen LogP contribution is -2.41. The van der Waals surface area contributed by atoms with Crippen LogP contribution in [0.5, 0.6) is 0 Å². The summed E-state index contributed by atoms with van der Waals surface area (Å²) in [5, 5.41) is 3.09. The molecule has 2 heterocycles. The number of nitrogens with one attached hydrogen (secondary N) is 1. The van der Waals surface area contributed by atoms with Gasteiger partial charge in [0.1, 0.15) is 10.7 Å². The van der Waals surface area contributed by atoms with Crippen molar-refractivity contribution < 1.29 is 26.0 Å². The number of benzene rings is 2. The third-order valence-electron chi connectivity index (χ3n) is 5.65. The number of sulfonamides is 2. The van der Waals surface area contributed by atoms with Crippen molar-refractivity contribution in [1.82, 2.24) is 13.6 Å². The quantitative estimate of drug-likeness (QED) is 0.528. The lowest BCUT2D eigenvalue weighted by atomic mass is 9.97. The molecule has 0 spiro atoms. The Labute approximate surface area is 201 Å². The minimum absolute atomic E-state index is 0.0976. The Morgan fingerprint density at radius 3 is 2.44 bits per heavy atom. The van der Waals surface area contributed by atoms with Crippen molar-refractivity contribution in [2.75, 3.05) is 32.5 Å². The Bertz CT molecular complexity index is 1450. The van der Waals surface area contributed by atoms with Crippen LogP contribution in [0.1, 0.15) is 12.8 Å². The number of fused-ring (bicyclic) bond motifs is 1. The normalized spacial score (nSPS) is 16.2. The van der Waals surface area contributed by atoms with E-state index in [2.05, 4.69) is 10.3 Å². The molecule has 13 heteroatoms. The van der Waals surface area contributed by atoms with E-state index in [1.807, 2.05) is 0 Å². The van der Waals surface area contributed by atoms with Gasteiger partial charge in [0, 0.05) is 33.1 Å². The van der Waals surface area contributed by atoms with Crippen molar-refractivity contribution in [2.24, 2.45) is 5.92 Å². The molecule has 9 nitrogen and oxygen atoms in total. The van der Waals surface area contributed by atoms with E-state index in [1.54, 1.807) is 6.07 Å². The predicted octanol–water partition coefficient (Wildman–Crippen LogP) is 2.73. The lowest BCUT2D eigenvalue weighted by Gasteiger charge is -2.30. The molecular weight excluding hydrogens is 503 g/mol. The first-order valence-corrected chi connectivity index (χ1v) is 14.1. The van der Waals surface area contributed by atoms with E-state index in [0.29, 0.717) is 15.3 Å². The Hall–Kier alpha value is -2.45. The molecule has 0 radical (unpaired) electrons. The van der Waals surface area contributed by atoms with Crippen molar-refractivity contribution in [2.45, 2.75) is 22.6 Å². The topological polar surface area (TPSA) is 117 Å². The van der Waals surface area contributed by atoms with E-state index >= 15 is 0 Å². The number of amides is 1. The van der Waals surface area contributed by atoms with E-state index in [0.717, 1.165) is 21.7 Å². The zero-order chi connectivity index (χ0) is 24.7. The number of nitrogens with zero attached hydrogens (tertiary/aromatic N) is 3. The molecule has 1 aliphatic rings. The van der Waals surface area contributed by atoms with Gasteiger partial charge < -0.3 is 5.32 Å². The summed E-state index contributed by atoms with van der Waals surface area (Å²) in [5.41, 5.74) is 0.559. The smallest absolute Gasteiger partial charge is 0.245 e. The fourth-order valence-corrected chi connectivity index (χ4v) is 7.13. The van der Waals surface area contributed by atoms with E-state index in [4.69, 9.17) is 0 Å². The standard InChI is InChI=1S/C21H23FN4O5S3/c1-25(2)33(28,29)15-7-8-17-18(13-15)32-21(23-17)24-20(27)14-9-11-26(12-10-14)34(30,31)19-6-4-3-5-16(19)22/h3-8,13-14H,9-12H2,1-2H3,(H,23,24,27). The summed E-state index contributed by atoms with van der Waals surface area (Å²) in [5.74, 6) is -1.52. The summed E-state index contributed by atoms with van der Waals surface area (Å²) in [6.45, 7) is 0.195. The lowest BCUT2D eigenvalue weighted by molar-refractivity contribution is -0.120. The molecule has 34 heavy (non-hydrogen) atoms. The van der Waals surface area contributed by atoms with Gasteiger partial charge in [-0.15, -0.1) is 0 Å². The first-order chi connectivity index (χ1) is 16.0. The molecule has 1 N–H and O–H groups in total. The summed E-state index contributed by atoms with van der Waals surface area (Å²) in [6, 6.07) is 9.79. The molecule has 3 aromatic rings. The van der Waals surface area contributed by atoms with Crippen LogP contribution in [0.3, 0.4) is 0 Å². The molecule has 1 aliphatic heterocycles. The Morgan fingerprint density at radius 2 is 1.79 bits per heavy atom. The second-order valence-electron chi connectivity index (χ2n) is 8.03. The molecule has 1 amide bonds. The molecule has 1 aromatic heterocycles. The molecule has 0 unspecified atom stereocenters. The number of hydrogen-bond acceptors (Lipinski definition) is 7. The number of halogens is 1. The molecule has 0 saturated carbocycles. The average molecular weight is 527 g/mol. The van der Waals surface area contributed by atoms with Crippen LogP contribution < -0.4 is 5.32 Å². The van der Waals surface area contributed by atoms with Crippen molar-refractivity contribution in [3.05, 3.63) is 48.3 Å². The number of anilines is 1. The molecule has 4 rings (SSSR count). The second-order valence-corrected chi connectivity index (χ2v) is 13.1. The molecule has 0 bridgehead atoms. The number of carbonyl (C=O) groups excluding carboxylic acids is 1. The summed E-state index contributed by atoms with van der Waals surface area (Å²) in [4.78, 5) is 16.9. The Balaban J connectivity index is 1.43. The van der Waals surface area contributed by atoms with Gasteiger partial charge in [0.05, 0.1) is 15.1 Å². The zero-order valence-corrected chi connectivity index (χ0v) is 20.9. The van der Waals surface area contributed by atoms with Crippen molar-refractivity contribution >= 4 is 52.6 Å². The van der Waals surface area contributed by atoms with E-state index in [-0.39, 0.29) is 41.6 Å². The van der Waals surface area contributed by atoms with Crippen LogP contribution in [0.25, 0.3) is 10.2 Å². The Kier molecular flexibility index (Phi) is 6.75. The third kappa shape index (κ3) is 4.70. The van der Waals surface area contributed by atoms with Crippen LogP contribution in [-0.2, 0) is 24.8 Å². The first-order valence-electron chi connectivity index (χ1n) is 10.4. The second kappa shape index (κ2) is 9.30. The van der Waals surface area contributed by atoms with Gasteiger partial charge in [-0.05, 0) is 43.2 Å². The van der Waals surface area contributed by atoms with Gasteiger partial charge >= 0.3 is 0 Å². The summed E-state index contributed by atoms with van der Waals surface area (Å²) < 4.78 is 67.1. The van der Waals surface area contributed by atoms with Gasteiger partial charge in [-0.2, -0.15) is 4.31 Å². The number of carbonyl (C=O) groups is 1. The van der Waals surface area contributed by atoms with Gasteiger partial charge in [-0.3, -0.25) is 4.79 Å². The molecule has 0 aliphatic carbocycles. The maximum Gasteiger partial charge on any atom is 0.245 e. The number of hydrogen-bond donors (Lipinski definition) is 1. The molecule has 0 atom stereocenters. The SMILES string of the molecule is CN(C)S(=O)(=O)c1ccc2nc(NC(=O)C3CCN(S(=O)(=O)c4ccccc4F)CC3)sc2c1. The van der Waals surface area contributed by atoms with Gasteiger partial charge in [0.25, 0.3) is 0 Å². The molecule has 2 aromatic carbocycles. The van der Waals surface area contributed by atoms with Crippen LogP contribution >= 0.6 is 11.3 Å². The molecule has 182 valence electrons. The van der Waals surface area contributed by atoms with Crippen LogP contribution in [0.2, 0.25) is 0 Å². The fraction of sp³-hybridized carbons (Fsp3) is 0.333. The highest BCUT2D eigenvalue weighted by atomic mass is 32.2. The Morgan fingerprint density at radius 1 is 1.12 bits per heavy atom. The van der Waals surface area contributed by atoms with Crippen LogP contribution in [0.15, 0.2) is 52.3 Å². The van der Waals surface area contributed by atoms with Crippen molar-refractivity contribution in [3.8, 4) is 0 Å². The minimum Gasteiger partial charge on any atom is -0.302 e. The van der Waals surface area contributed by atoms with Gasteiger partial charge in [-0.25, -0.2) is 30.5 Å². The van der Waals surface area contributed by atoms with Crippen molar-refractivity contribution in [3.63, 3.8) is 0 Å². The number of aromatic nitrogens is 1. The predicted molar refractivity (Wildman–Crippen MR) is 127 cm³/mol. The van der Waals surface area contributed by atoms with Gasteiger partial charge in [-0.1, -0.05) is 23.5 Å². The van der Waals surface area contributed by atoms with Gasteiger partial charge in [0.2, 0.25) is 26.0 Å². The molecule has 1 fully saturated rings. The highest BCUT2D eigenvalue weighted by Crippen LogP contribution is 2.30. The van der Waals surface area contributed by atoms with Crippen molar-refractivity contribution in [1.29, 1.82) is 0 Å². The largest absolute Gasteiger partial charge is 0.302 e. The number of thiazole rings is 1. The average Bonchev–Trinajstić information content (AvgIpc) is 3.20. The molecule has 1 saturated heterocycles. The van der Waals surface area contributed by atoms with E-state index < -0.39 is 31.8 Å². The summed E-state index contributed by atoms with van der Waals surface area (Å²) >= 11 is 1.16. The zero-order valence-electron chi connectivity index (χ0n) is 18.4. The maximum atomic E-state index is 14.0. The monoisotopic (exact) mass is 526 g/mol. The molecular formula is C21H23FN4O5S3. The van der Waals surface area contributed by atoms with Crippen LogP contribution in [0.4, 0.5) is 9.52 Å². The summed E-state index contributed by atoms with van der Waals surface area (Å²) in [6.07, 6.45) is 0.575. The fourth-order valence-electron chi connectivity index (χ4n) is 3.69.